The Morgan fingerprint density at radius 2 is 2.05 bits per heavy atom. The van der Waals surface area contributed by atoms with Crippen molar-refractivity contribution in [2.75, 3.05) is 6.54 Å². The highest BCUT2D eigenvalue weighted by atomic mass is 16.3. The second-order valence-corrected chi connectivity index (χ2v) is 5.33. The fourth-order valence-electron chi connectivity index (χ4n) is 2.67. The topological polar surface area (TPSA) is 62.5 Å². The van der Waals surface area contributed by atoms with Crippen LogP contribution in [0.2, 0.25) is 0 Å². The van der Waals surface area contributed by atoms with E-state index in [1.54, 1.807) is 12.1 Å². The van der Waals surface area contributed by atoms with Crippen molar-refractivity contribution in [3.63, 3.8) is 0 Å². The van der Waals surface area contributed by atoms with E-state index in [2.05, 4.69) is 11.4 Å². The fourth-order valence-corrected chi connectivity index (χ4v) is 2.67. The van der Waals surface area contributed by atoms with E-state index in [9.17, 15) is 9.90 Å². The lowest BCUT2D eigenvalue weighted by Gasteiger charge is -2.33. The first-order valence-electron chi connectivity index (χ1n) is 6.77. The quantitative estimate of drug-likeness (QED) is 0.896. The zero-order chi connectivity index (χ0) is 14.0. The lowest BCUT2D eigenvalue weighted by atomic mass is 9.80. The minimum atomic E-state index is -0.878. The summed E-state index contributed by atoms with van der Waals surface area (Å²) in [5.74, 6) is -0.0212. The number of fused-ring (bicyclic) bond motifs is 1. The van der Waals surface area contributed by atoms with Crippen LogP contribution >= 0.6 is 0 Å². The number of benzene rings is 1. The first-order chi connectivity index (χ1) is 9.66. The molecule has 4 nitrogen and oxygen atoms in total. The van der Waals surface area contributed by atoms with E-state index in [0.717, 1.165) is 12.0 Å². The molecule has 0 saturated heterocycles. The molecule has 1 aliphatic rings. The normalized spacial score (nSPS) is 21.2. The number of furan rings is 1. The average Bonchev–Trinajstić information content (AvgIpc) is 2.99. The molecule has 1 heterocycles. The molecule has 0 fully saturated rings. The fraction of sp³-hybridized carbons (Fsp3) is 0.312. The highest BCUT2D eigenvalue weighted by Gasteiger charge is 2.32. The second-order valence-electron chi connectivity index (χ2n) is 5.33. The Labute approximate surface area is 117 Å². The van der Waals surface area contributed by atoms with Gasteiger partial charge in [0, 0.05) is 13.0 Å². The first-order valence-corrected chi connectivity index (χ1v) is 6.77. The number of aliphatic hydroxyl groups is 1. The molecule has 3 rings (SSSR count). The standard InChI is InChI=1S/C16H17NO3/c18-15(14-6-3-9-20-14)17-11-16(19)8-7-12-4-1-2-5-13(12)10-16/h1-6,9,19H,7-8,10-11H2,(H,17,18). The van der Waals surface area contributed by atoms with Crippen molar-refractivity contribution < 1.29 is 14.3 Å². The minimum Gasteiger partial charge on any atom is -0.459 e. The molecule has 0 bridgehead atoms. The molecule has 20 heavy (non-hydrogen) atoms. The maximum absolute atomic E-state index is 11.8. The lowest BCUT2D eigenvalue weighted by molar-refractivity contribution is 0.0256. The Hall–Kier alpha value is -2.07. The molecule has 0 aliphatic heterocycles. The number of hydrogen-bond acceptors (Lipinski definition) is 3. The van der Waals surface area contributed by atoms with Crippen LogP contribution in [0.25, 0.3) is 0 Å². The van der Waals surface area contributed by atoms with Gasteiger partial charge in [-0.2, -0.15) is 0 Å². The summed E-state index contributed by atoms with van der Waals surface area (Å²) in [4.78, 5) is 11.8. The Morgan fingerprint density at radius 3 is 2.80 bits per heavy atom. The van der Waals surface area contributed by atoms with E-state index in [0.29, 0.717) is 12.8 Å². The molecular formula is C16H17NO3. The van der Waals surface area contributed by atoms with E-state index in [1.807, 2.05) is 18.2 Å². The third kappa shape index (κ3) is 2.60. The summed E-state index contributed by atoms with van der Waals surface area (Å²) < 4.78 is 5.03. The van der Waals surface area contributed by atoms with Crippen LogP contribution < -0.4 is 5.32 Å². The van der Waals surface area contributed by atoms with Crippen molar-refractivity contribution in [3.05, 3.63) is 59.5 Å². The summed E-state index contributed by atoms with van der Waals surface area (Å²) in [6.45, 7) is 0.237. The second kappa shape index (κ2) is 5.13. The first kappa shape index (κ1) is 12.9. The number of carbonyl (C=O) groups excluding carboxylic acids is 1. The van der Waals surface area contributed by atoms with Crippen molar-refractivity contribution in [1.82, 2.24) is 5.32 Å². The third-order valence-electron chi connectivity index (χ3n) is 3.82. The van der Waals surface area contributed by atoms with Crippen molar-refractivity contribution in [1.29, 1.82) is 0 Å². The summed E-state index contributed by atoms with van der Waals surface area (Å²) in [6, 6.07) is 11.4. The Morgan fingerprint density at radius 1 is 1.25 bits per heavy atom. The summed E-state index contributed by atoms with van der Waals surface area (Å²) in [6.07, 6.45) is 3.52. The van der Waals surface area contributed by atoms with Crippen molar-refractivity contribution >= 4 is 5.91 Å². The van der Waals surface area contributed by atoms with E-state index in [4.69, 9.17) is 4.42 Å². The predicted octanol–water partition coefficient (Wildman–Crippen LogP) is 1.93. The van der Waals surface area contributed by atoms with Crippen LogP contribution in [0.4, 0.5) is 0 Å². The van der Waals surface area contributed by atoms with Crippen LogP contribution in [0.3, 0.4) is 0 Å². The molecule has 104 valence electrons. The molecule has 1 aliphatic carbocycles. The predicted molar refractivity (Wildman–Crippen MR) is 74.5 cm³/mol. The Kier molecular flexibility index (Phi) is 3.32. The largest absolute Gasteiger partial charge is 0.459 e. The molecule has 2 N–H and O–H groups in total. The zero-order valence-corrected chi connectivity index (χ0v) is 11.1. The zero-order valence-electron chi connectivity index (χ0n) is 11.1. The molecule has 4 heteroatoms. The van der Waals surface area contributed by atoms with Gasteiger partial charge in [-0.1, -0.05) is 24.3 Å². The summed E-state index contributed by atoms with van der Waals surface area (Å²) in [5, 5.41) is 13.4. The van der Waals surface area contributed by atoms with E-state index < -0.39 is 5.60 Å². The number of amides is 1. The average molecular weight is 271 g/mol. The van der Waals surface area contributed by atoms with Crippen LogP contribution in [0.5, 0.6) is 0 Å². The Balaban J connectivity index is 1.65. The number of aryl methyl sites for hydroxylation is 1. The monoisotopic (exact) mass is 271 g/mol. The van der Waals surface area contributed by atoms with Gasteiger partial charge in [-0.05, 0) is 36.1 Å². The summed E-state index contributed by atoms with van der Waals surface area (Å²) in [7, 11) is 0. The lowest BCUT2D eigenvalue weighted by Crippen LogP contribution is -2.46. The minimum absolute atomic E-state index is 0.237. The van der Waals surface area contributed by atoms with Crippen molar-refractivity contribution in [3.8, 4) is 0 Å². The molecule has 0 spiro atoms. The number of rotatable bonds is 3. The third-order valence-corrected chi connectivity index (χ3v) is 3.82. The molecule has 0 radical (unpaired) electrons. The molecule has 1 atom stereocenters. The van der Waals surface area contributed by atoms with Gasteiger partial charge in [0.2, 0.25) is 0 Å². The van der Waals surface area contributed by atoms with Gasteiger partial charge in [0.1, 0.15) is 0 Å². The van der Waals surface area contributed by atoms with Crippen LogP contribution in [0.15, 0.2) is 47.1 Å². The van der Waals surface area contributed by atoms with Crippen LogP contribution in [0, 0.1) is 0 Å². The van der Waals surface area contributed by atoms with Gasteiger partial charge in [-0.15, -0.1) is 0 Å². The van der Waals surface area contributed by atoms with Crippen molar-refractivity contribution in [2.45, 2.75) is 24.9 Å². The van der Waals surface area contributed by atoms with Gasteiger partial charge in [0.25, 0.3) is 5.91 Å². The van der Waals surface area contributed by atoms with Crippen LogP contribution in [0.1, 0.15) is 28.1 Å². The number of nitrogens with one attached hydrogen (secondary N) is 1. The molecule has 1 unspecified atom stereocenters. The molecule has 1 amide bonds. The molecular weight excluding hydrogens is 254 g/mol. The smallest absolute Gasteiger partial charge is 0.287 e. The highest BCUT2D eigenvalue weighted by molar-refractivity contribution is 5.91. The van der Waals surface area contributed by atoms with Gasteiger partial charge >= 0.3 is 0 Å². The van der Waals surface area contributed by atoms with Gasteiger partial charge in [-0.3, -0.25) is 4.79 Å². The molecule has 1 aromatic heterocycles. The maximum Gasteiger partial charge on any atom is 0.287 e. The number of carbonyl (C=O) groups is 1. The van der Waals surface area contributed by atoms with E-state index >= 15 is 0 Å². The van der Waals surface area contributed by atoms with E-state index in [-0.39, 0.29) is 18.2 Å². The molecule has 1 aromatic carbocycles. The Bertz CT molecular complexity index is 606. The van der Waals surface area contributed by atoms with Gasteiger partial charge in [0.05, 0.1) is 11.9 Å². The van der Waals surface area contributed by atoms with Gasteiger partial charge in [0.15, 0.2) is 5.76 Å². The maximum atomic E-state index is 11.8. The van der Waals surface area contributed by atoms with Crippen LogP contribution in [-0.4, -0.2) is 23.2 Å². The summed E-state index contributed by atoms with van der Waals surface area (Å²) in [5.41, 5.74) is 1.57. The molecule has 2 aromatic rings. The van der Waals surface area contributed by atoms with Crippen LogP contribution in [-0.2, 0) is 12.8 Å². The molecule has 0 saturated carbocycles. The van der Waals surface area contributed by atoms with Gasteiger partial charge < -0.3 is 14.8 Å². The summed E-state index contributed by atoms with van der Waals surface area (Å²) >= 11 is 0. The van der Waals surface area contributed by atoms with Gasteiger partial charge in [-0.25, -0.2) is 0 Å². The van der Waals surface area contributed by atoms with E-state index in [1.165, 1.54) is 11.8 Å². The van der Waals surface area contributed by atoms with Crippen molar-refractivity contribution in [2.24, 2.45) is 0 Å². The highest BCUT2D eigenvalue weighted by Crippen LogP contribution is 2.28. The number of hydrogen-bond donors (Lipinski definition) is 2. The SMILES string of the molecule is O=C(NCC1(O)CCc2ccccc2C1)c1ccco1.